The van der Waals surface area contributed by atoms with Gasteiger partial charge in [0, 0.05) is 6.54 Å². The summed E-state index contributed by atoms with van der Waals surface area (Å²) in [4.78, 5) is 8.26. The Morgan fingerprint density at radius 1 is 1.24 bits per heavy atom. The summed E-state index contributed by atoms with van der Waals surface area (Å²) in [7, 11) is 0. The van der Waals surface area contributed by atoms with E-state index in [1.165, 1.54) is 0 Å². The summed E-state index contributed by atoms with van der Waals surface area (Å²) in [5.74, 6) is 0.861. The first-order valence-electron chi connectivity index (χ1n) is 9.20. The Morgan fingerprint density at radius 3 is 2.80 bits per heavy atom. The van der Waals surface area contributed by atoms with Crippen LogP contribution in [0.1, 0.15) is 48.2 Å². The van der Waals surface area contributed by atoms with Crippen molar-refractivity contribution in [3.63, 3.8) is 0 Å². The van der Waals surface area contributed by atoms with Gasteiger partial charge in [0.25, 0.3) is 0 Å². The number of nitrogens with zero attached hydrogens (tertiary/aromatic N) is 2. The number of thiazole rings is 1. The number of aliphatic hydroxyl groups is 1. The quantitative estimate of drug-likeness (QED) is 0.842. The number of hydrogen-bond donors (Lipinski definition) is 1. The zero-order valence-electron chi connectivity index (χ0n) is 15.2. The highest BCUT2D eigenvalue weighted by molar-refractivity contribution is 7.11. The molecule has 1 atom stereocenters. The summed E-state index contributed by atoms with van der Waals surface area (Å²) in [6.45, 7) is 7.85. The molecule has 0 spiro atoms. The van der Waals surface area contributed by atoms with Gasteiger partial charge in [-0.05, 0) is 57.8 Å². The van der Waals surface area contributed by atoms with Crippen LogP contribution in [0.2, 0.25) is 0 Å². The molecule has 5 heteroatoms. The van der Waals surface area contributed by atoms with E-state index < -0.39 is 5.60 Å². The van der Waals surface area contributed by atoms with Crippen molar-refractivity contribution in [2.24, 2.45) is 0 Å². The fourth-order valence-electron chi connectivity index (χ4n) is 3.36. The van der Waals surface area contributed by atoms with Crippen LogP contribution in [0.25, 0.3) is 0 Å². The van der Waals surface area contributed by atoms with Gasteiger partial charge in [0.2, 0.25) is 0 Å². The van der Waals surface area contributed by atoms with Crippen molar-refractivity contribution in [1.29, 1.82) is 0 Å². The van der Waals surface area contributed by atoms with Gasteiger partial charge in [-0.15, -0.1) is 11.3 Å². The summed E-state index contributed by atoms with van der Waals surface area (Å²) in [5.41, 5.74) is 0.183. The topological polar surface area (TPSA) is 45.6 Å². The molecule has 136 valence electrons. The van der Waals surface area contributed by atoms with Crippen molar-refractivity contribution in [3.8, 4) is 5.75 Å². The van der Waals surface area contributed by atoms with Crippen molar-refractivity contribution < 1.29 is 9.84 Å². The molecule has 0 unspecified atom stereocenters. The molecule has 0 aliphatic carbocycles. The van der Waals surface area contributed by atoms with Gasteiger partial charge in [0.15, 0.2) is 0 Å². The van der Waals surface area contributed by atoms with Crippen LogP contribution in [-0.2, 0) is 12.2 Å². The second kappa shape index (κ2) is 8.30. The highest BCUT2D eigenvalue weighted by Crippen LogP contribution is 2.36. The average Bonchev–Trinajstić information content (AvgIpc) is 2.89. The SMILES string of the molecule is CCCN1CCC[C@](O)(c2nc(C)c(COc3ccccc3)s2)CC1. The Labute approximate surface area is 154 Å². The van der Waals surface area contributed by atoms with E-state index in [9.17, 15) is 5.11 Å². The van der Waals surface area contributed by atoms with Gasteiger partial charge in [-0.25, -0.2) is 4.98 Å². The minimum absolute atomic E-state index is 0.506. The minimum atomic E-state index is -0.789. The highest BCUT2D eigenvalue weighted by Gasteiger charge is 2.35. The van der Waals surface area contributed by atoms with E-state index in [4.69, 9.17) is 9.72 Å². The molecule has 2 aromatic rings. The van der Waals surface area contributed by atoms with Gasteiger partial charge >= 0.3 is 0 Å². The molecule has 1 aromatic heterocycles. The first-order chi connectivity index (χ1) is 12.1. The molecule has 0 radical (unpaired) electrons. The normalized spacial score (nSPS) is 21.9. The van der Waals surface area contributed by atoms with Gasteiger partial charge in [0.05, 0.1) is 10.6 Å². The van der Waals surface area contributed by atoms with E-state index >= 15 is 0 Å². The van der Waals surface area contributed by atoms with Crippen LogP contribution in [0, 0.1) is 6.92 Å². The maximum atomic E-state index is 11.2. The van der Waals surface area contributed by atoms with E-state index in [1.54, 1.807) is 11.3 Å². The summed E-state index contributed by atoms with van der Waals surface area (Å²) in [6.07, 6.45) is 3.73. The summed E-state index contributed by atoms with van der Waals surface area (Å²) >= 11 is 1.60. The molecule has 1 aliphatic rings. The van der Waals surface area contributed by atoms with Gasteiger partial charge < -0.3 is 14.7 Å². The number of rotatable bonds is 6. The molecule has 1 aliphatic heterocycles. The highest BCUT2D eigenvalue weighted by atomic mass is 32.1. The Bertz CT molecular complexity index is 674. The number of aromatic nitrogens is 1. The van der Waals surface area contributed by atoms with Crippen molar-refractivity contribution in [3.05, 3.63) is 45.9 Å². The van der Waals surface area contributed by atoms with Crippen LogP contribution in [0.5, 0.6) is 5.75 Å². The van der Waals surface area contributed by atoms with Gasteiger partial charge in [-0.2, -0.15) is 0 Å². The van der Waals surface area contributed by atoms with E-state index in [2.05, 4.69) is 11.8 Å². The third-order valence-corrected chi connectivity index (χ3v) is 6.17. The second-order valence-corrected chi connectivity index (χ2v) is 7.94. The van der Waals surface area contributed by atoms with Gasteiger partial charge in [-0.1, -0.05) is 25.1 Å². The summed E-state index contributed by atoms with van der Waals surface area (Å²) < 4.78 is 5.86. The van der Waals surface area contributed by atoms with E-state index in [-0.39, 0.29) is 0 Å². The molecule has 3 rings (SSSR count). The largest absolute Gasteiger partial charge is 0.488 e. The van der Waals surface area contributed by atoms with Crippen LogP contribution >= 0.6 is 11.3 Å². The van der Waals surface area contributed by atoms with Crippen molar-refractivity contribution in [2.45, 2.75) is 51.7 Å². The number of aryl methyl sites for hydroxylation is 1. The average molecular weight is 361 g/mol. The number of para-hydroxylation sites is 1. The number of ether oxygens (including phenoxy) is 1. The second-order valence-electron chi connectivity index (χ2n) is 6.86. The first kappa shape index (κ1) is 18.4. The molecule has 1 aromatic carbocycles. The van der Waals surface area contributed by atoms with E-state index in [1.807, 2.05) is 37.3 Å². The van der Waals surface area contributed by atoms with E-state index in [0.29, 0.717) is 6.61 Å². The Morgan fingerprint density at radius 2 is 2.04 bits per heavy atom. The summed E-state index contributed by atoms with van der Waals surface area (Å²) in [5, 5.41) is 12.1. The Kier molecular flexibility index (Phi) is 6.10. The maximum absolute atomic E-state index is 11.2. The van der Waals surface area contributed by atoms with Crippen LogP contribution < -0.4 is 4.74 Å². The van der Waals surface area contributed by atoms with Gasteiger partial charge in [-0.3, -0.25) is 0 Å². The zero-order valence-corrected chi connectivity index (χ0v) is 16.0. The standard InChI is InChI=1S/C20H28N2O2S/c1-3-12-22-13-7-10-20(23,11-14-22)19-21-16(2)18(25-19)15-24-17-8-5-4-6-9-17/h4-6,8-9,23H,3,7,10-15H2,1-2H3/t20-/m1/s1. The monoisotopic (exact) mass is 360 g/mol. The number of hydrogen-bond acceptors (Lipinski definition) is 5. The Balaban J connectivity index is 1.68. The maximum Gasteiger partial charge on any atom is 0.125 e. The predicted octanol–water partition coefficient (Wildman–Crippen LogP) is 4.11. The molecule has 25 heavy (non-hydrogen) atoms. The van der Waals surface area contributed by atoms with Crippen LogP contribution in [0.4, 0.5) is 0 Å². The lowest BCUT2D eigenvalue weighted by Crippen LogP contribution is -2.29. The third kappa shape index (κ3) is 4.60. The Hall–Kier alpha value is -1.43. The van der Waals surface area contributed by atoms with Crippen LogP contribution in [0.15, 0.2) is 30.3 Å². The fourth-order valence-corrected chi connectivity index (χ4v) is 4.48. The zero-order chi connectivity index (χ0) is 17.7. The molecule has 2 heterocycles. The molecular weight excluding hydrogens is 332 g/mol. The van der Waals surface area contributed by atoms with Gasteiger partial charge in [0.1, 0.15) is 23.0 Å². The fraction of sp³-hybridized carbons (Fsp3) is 0.550. The molecule has 0 bridgehead atoms. The van der Waals surface area contributed by atoms with Crippen molar-refractivity contribution >= 4 is 11.3 Å². The molecule has 1 N–H and O–H groups in total. The van der Waals surface area contributed by atoms with E-state index in [0.717, 1.165) is 66.6 Å². The smallest absolute Gasteiger partial charge is 0.125 e. The molecule has 0 saturated carbocycles. The molecule has 1 fully saturated rings. The lowest BCUT2D eigenvalue weighted by molar-refractivity contribution is 0.0209. The predicted molar refractivity (Wildman–Crippen MR) is 102 cm³/mol. The van der Waals surface area contributed by atoms with Crippen LogP contribution in [-0.4, -0.2) is 34.6 Å². The van der Waals surface area contributed by atoms with Crippen molar-refractivity contribution in [1.82, 2.24) is 9.88 Å². The minimum Gasteiger partial charge on any atom is -0.488 e. The summed E-state index contributed by atoms with van der Waals surface area (Å²) in [6, 6.07) is 9.83. The van der Waals surface area contributed by atoms with Crippen molar-refractivity contribution in [2.75, 3.05) is 19.6 Å². The molecular formula is C20H28N2O2S. The molecule has 0 amide bonds. The lowest BCUT2D eigenvalue weighted by atomic mass is 9.96. The number of likely N-dealkylation sites (tertiary alicyclic amines) is 1. The first-order valence-corrected chi connectivity index (χ1v) is 10.0. The molecule has 4 nitrogen and oxygen atoms in total. The molecule has 1 saturated heterocycles. The third-order valence-electron chi connectivity index (χ3n) is 4.85. The van der Waals surface area contributed by atoms with Crippen LogP contribution in [0.3, 0.4) is 0 Å². The number of benzene rings is 1. The lowest BCUT2D eigenvalue weighted by Gasteiger charge is -2.24.